The van der Waals surface area contributed by atoms with E-state index in [1.807, 2.05) is 30.3 Å². The number of halogens is 1. The summed E-state index contributed by atoms with van der Waals surface area (Å²) in [4.78, 5) is 26.4. The fourth-order valence-electron chi connectivity index (χ4n) is 3.79. The molecule has 0 spiro atoms. The molecule has 34 heavy (non-hydrogen) atoms. The molecule has 1 aliphatic rings. The van der Waals surface area contributed by atoms with Gasteiger partial charge in [0, 0.05) is 18.8 Å². The van der Waals surface area contributed by atoms with Crippen molar-refractivity contribution in [2.75, 3.05) is 10.0 Å². The zero-order valence-corrected chi connectivity index (χ0v) is 19.1. The maximum Gasteiger partial charge on any atom is 0.262 e. The van der Waals surface area contributed by atoms with Gasteiger partial charge < -0.3 is 10.2 Å². The van der Waals surface area contributed by atoms with E-state index in [0.29, 0.717) is 0 Å². The number of hydrogen-bond donors (Lipinski definition) is 2. The second-order valence-electron chi connectivity index (χ2n) is 7.75. The highest BCUT2D eigenvalue weighted by atomic mass is 32.2. The lowest BCUT2D eigenvalue weighted by atomic mass is 9.93. The smallest absolute Gasteiger partial charge is 0.262 e. The molecule has 0 fully saturated rings. The van der Waals surface area contributed by atoms with Crippen LogP contribution in [0.3, 0.4) is 0 Å². The van der Waals surface area contributed by atoms with Crippen molar-refractivity contribution in [3.8, 4) is 0 Å². The molecule has 1 atom stereocenters. The van der Waals surface area contributed by atoms with E-state index in [9.17, 15) is 22.4 Å². The topological polar surface area (TPSA) is 95.6 Å². The summed E-state index contributed by atoms with van der Waals surface area (Å²) < 4.78 is 41.5. The molecule has 0 radical (unpaired) electrons. The van der Waals surface area contributed by atoms with Crippen LogP contribution in [0.1, 0.15) is 30.5 Å². The molecule has 2 N–H and O–H groups in total. The molecular formula is C25H22FN3O4S. The van der Waals surface area contributed by atoms with Gasteiger partial charge in [-0.3, -0.25) is 14.3 Å². The van der Waals surface area contributed by atoms with Crippen LogP contribution in [0.15, 0.2) is 83.9 Å². The molecule has 7 nitrogen and oxygen atoms in total. The van der Waals surface area contributed by atoms with Crippen LogP contribution in [0, 0.1) is 5.82 Å². The summed E-state index contributed by atoms with van der Waals surface area (Å²) in [6.07, 6.45) is 3.46. The van der Waals surface area contributed by atoms with Crippen molar-refractivity contribution in [2.24, 2.45) is 0 Å². The molecule has 1 heterocycles. The van der Waals surface area contributed by atoms with E-state index in [4.69, 9.17) is 0 Å². The minimum absolute atomic E-state index is 0.0224. The number of carbonyl (C=O) groups excluding carboxylic acids is 2. The van der Waals surface area contributed by atoms with Gasteiger partial charge in [-0.05, 0) is 47.5 Å². The number of fused-ring (bicyclic) bond motifs is 1. The van der Waals surface area contributed by atoms with Crippen LogP contribution >= 0.6 is 0 Å². The third-order valence-corrected chi connectivity index (χ3v) is 6.76. The number of benzene rings is 3. The summed E-state index contributed by atoms with van der Waals surface area (Å²) >= 11 is 0. The Morgan fingerprint density at radius 1 is 1.00 bits per heavy atom. The first-order valence-corrected chi connectivity index (χ1v) is 12.0. The minimum atomic E-state index is -4.08. The molecule has 1 aliphatic heterocycles. The molecule has 3 aromatic carbocycles. The average Bonchev–Trinajstić information content (AvgIpc) is 2.80. The Balaban J connectivity index is 1.52. The molecule has 0 aliphatic carbocycles. The fourth-order valence-corrected chi connectivity index (χ4v) is 4.90. The highest BCUT2D eigenvalue weighted by Crippen LogP contribution is 2.33. The van der Waals surface area contributed by atoms with Crippen LogP contribution in [0.5, 0.6) is 0 Å². The van der Waals surface area contributed by atoms with Crippen LogP contribution in [0.4, 0.5) is 15.8 Å². The lowest BCUT2D eigenvalue weighted by Gasteiger charge is -2.32. The Morgan fingerprint density at radius 3 is 2.50 bits per heavy atom. The van der Waals surface area contributed by atoms with Gasteiger partial charge in [0.25, 0.3) is 10.0 Å². The fraction of sp³-hybridized carbons (Fsp3) is 0.120. The SMILES string of the molecule is CC(=O)N1C=Cc2ccccc2[C@H]1CC(=O)Nc1cccc(S(=O)(=O)Nc2ccccc2F)c1. The Morgan fingerprint density at radius 2 is 1.74 bits per heavy atom. The van der Waals surface area contributed by atoms with Gasteiger partial charge in [-0.2, -0.15) is 0 Å². The molecule has 2 amide bonds. The maximum absolute atomic E-state index is 13.9. The third kappa shape index (κ3) is 4.99. The standard InChI is InChI=1S/C25H22FN3O4S/c1-17(30)29-14-13-18-7-2-3-10-21(18)24(29)16-25(31)27-19-8-6-9-20(15-19)34(32,33)28-23-12-5-4-11-22(23)26/h2-15,24,28H,16H2,1H3,(H,27,31)/t24-/m1/s1. The summed E-state index contributed by atoms with van der Waals surface area (Å²) in [5.41, 5.74) is 1.85. The van der Waals surface area contributed by atoms with Gasteiger partial charge in [-0.25, -0.2) is 12.8 Å². The maximum atomic E-state index is 13.9. The monoisotopic (exact) mass is 479 g/mol. The summed E-state index contributed by atoms with van der Waals surface area (Å²) in [5.74, 6) is -1.29. The number of rotatable bonds is 6. The van der Waals surface area contributed by atoms with Crippen LogP contribution in [0.25, 0.3) is 6.08 Å². The second kappa shape index (κ2) is 9.48. The van der Waals surface area contributed by atoms with Gasteiger partial charge in [0.1, 0.15) is 5.82 Å². The third-order valence-electron chi connectivity index (χ3n) is 5.39. The molecule has 0 saturated carbocycles. The number of amides is 2. The van der Waals surface area contributed by atoms with E-state index in [0.717, 1.165) is 17.2 Å². The minimum Gasteiger partial charge on any atom is -0.326 e. The van der Waals surface area contributed by atoms with E-state index < -0.39 is 27.8 Å². The highest BCUT2D eigenvalue weighted by molar-refractivity contribution is 7.92. The normalized spacial score (nSPS) is 14.9. The van der Waals surface area contributed by atoms with Crippen molar-refractivity contribution in [3.05, 3.63) is 95.9 Å². The Labute approximate surface area is 197 Å². The number of nitrogens with one attached hydrogen (secondary N) is 2. The molecule has 0 unspecified atom stereocenters. The van der Waals surface area contributed by atoms with Crippen LogP contribution < -0.4 is 10.0 Å². The predicted molar refractivity (Wildman–Crippen MR) is 128 cm³/mol. The zero-order chi connectivity index (χ0) is 24.3. The largest absolute Gasteiger partial charge is 0.326 e. The number of nitrogens with zero attached hydrogens (tertiary/aromatic N) is 1. The van der Waals surface area contributed by atoms with Gasteiger partial charge in [0.05, 0.1) is 23.0 Å². The number of sulfonamides is 1. The predicted octanol–water partition coefficient (Wildman–Crippen LogP) is 4.53. The van der Waals surface area contributed by atoms with Crippen LogP contribution in [-0.2, 0) is 19.6 Å². The number of hydrogen-bond acceptors (Lipinski definition) is 4. The summed E-state index contributed by atoms with van der Waals surface area (Å²) in [6.45, 7) is 1.43. The second-order valence-corrected chi connectivity index (χ2v) is 9.43. The van der Waals surface area contributed by atoms with E-state index >= 15 is 0 Å². The molecule has 0 aromatic heterocycles. The first kappa shape index (κ1) is 23.2. The lowest BCUT2D eigenvalue weighted by Crippen LogP contribution is -2.33. The van der Waals surface area contributed by atoms with Crippen molar-refractivity contribution in [3.63, 3.8) is 0 Å². The lowest BCUT2D eigenvalue weighted by molar-refractivity contribution is -0.129. The van der Waals surface area contributed by atoms with Gasteiger partial charge in [-0.1, -0.05) is 42.5 Å². The number of carbonyl (C=O) groups is 2. The van der Waals surface area contributed by atoms with Crippen molar-refractivity contribution in [1.82, 2.24) is 4.90 Å². The molecule has 4 rings (SSSR count). The van der Waals surface area contributed by atoms with Crippen molar-refractivity contribution in [2.45, 2.75) is 24.3 Å². The average molecular weight is 480 g/mol. The Bertz CT molecular complexity index is 1390. The Hall–Kier alpha value is -3.98. The van der Waals surface area contributed by atoms with E-state index in [1.54, 1.807) is 12.3 Å². The van der Waals surface area contributed by atoms with Gasteiger partial charge in [-0.15, -0.1) is 0 Å². The number of para-hydroxylation sites is 1. The van der Waals surface area contributed by atoms with Crippen molar-refractivity contribution < 1.29 is 22.4 Å². The Kier molecular flexibility index (Phi) is 6.47. The van der Waals surface area contributed by atoms with E-state index in [2.05, 4.69) is 10.0 Å². The molecule has 174 valence electrons. The molecule has 0 bridgehead atoms. The molecular weight excluding hydrogens is 457 g/mol. The molecule has 0 saturated heterocycles. The summed E-state index contributed by atoms with van der Waals surface area (Å²) in [5, 5.41) is 2.70. The van der Waals surface area contributed by atoms with Gasteiger partial charge in [0.2, 0.25) is 11.8 Å². The quantitative estimate of drug-likeness (QED) is 0.543. The highest BCUT2D eigenvalue weighted by Gasteiger charge is 2.28. The first-order chi connectivity index (χ1) is 16.2. The van der Waals surface area contributed by atoms with Crippen LogP contribution in [0.2, 0.25) is 0 Å². The van der Waals surface area contributed by atoms with Crippen LogP contribution in [-0.4, -0.2) is 25.1 Å². The van der Waals surface area contributed by atoms with Gasteiger partial charge >= 0.3 is 0 Å². The zero-order valence-electron chi connectivity index (χ0n) is 18.2. The van der Waals surface area contributed by atoms with E-state index in [1.165, 1.54) is 48.2 Å². The van der Waals surface area contributed by atoms with Crippen molar-refractivity contribution >= 4 is 39.3 Å². The van der Waals surface area contributed by atoms with Crippen molar-refractivity contribution in [1.29, 1.82) is 0 Å². The summed E-state index contributed by atoms with van der Waals surface area (Å²) in [7, 11) is -4.08. The number of anilines is 2. The molecule has 9 heteroatoms. The van der Waals surface area contributed by atoms with E-state index in [-0.39, 0.29) is 28.6 Å². The molecule has 3 aromatic rings. The first-order valence-electron chi connectivity index (χ1n) is 10.5. The summed E-state index contributed by atoms with van der Waals surface area (Å²) in [6, 6.07) is 18.1. The van der Waals surface area contributed by atoms with Gasteiger partial charge in [0.15, 0.2) is 0 Å².